The molecule has 0 aromatic heterocycles. The highest BCUT2D eigenvalue weighted by Gasteiger charge is 2.27. The fourth-order valence-corrected chi connectivity index (χ4v) is 3.92. The maximum absolute atomic E-state index is 12.5. The van der Waals surface area contributed by atoms with Crippen molar-refractivity contribution in [3.63, 3.8) is 0 Å². The van der Waals surface area contributed by atoms with E-state index in [-0.39, 0.29) is 19.3 Å². The topological polar surface area (TPSA) is 65.1 Å². The molecule has 0 aliphatic carbocycles. The van der Waals surface area contributed by atoms with Crippen molar-refractivity contribution in [2.75, 3.05) is 19.8 Å². The Morgan fingerprint density at radius 3 is 1.85 bits per heavy atom. The number of hydrogen-bond donors (Lipinski definition) is 0. The zero-order valence-corrected chi connectivity index (χ0v) is 21.4. The maximum atomic E-state index is 12.5. The van der Waals surface area contributed by atoms with Crippen LogP contribution in [0.1, 0.15) is 98.4 Å². The molecule has 0 bridgehead atoms. The Hall–Kier alpha value is -2.70. The number of benzene rings is 2. The summed E-state index contributed by atoms with van der Waals surface area (Å²) in [5, 5.41) is 2.05. The summed E-state index contributed by atoms with van der Waals surface area (Å²) in [7, 11) is 0. The monoisotopic (exact) mass is 469 g/mol. The van der Waals surface area contributed by atoms with Crippen LogP contribution >= 0.6 is 0 Å². The Kier molecular flexibility index (Phi) is 11.2. The molecule has 2 aromatic rings. The van der Waals surface area contributed by atoms with E-state index < -0.39 is 18.0 Å². The molecule has 6 nitrogen and oxygen atoms in total. The standard InChI is InChI=1S/C28H39NO5/c1-7-10-16-29(26(20(4)5)22-14-12-11-13-15-22)34-21(6)23-17-24(27(30)32-8-2)19-25(18-23)28(31)33-9-3/h11-15,17-21,26H,7-10,16H2,1-6H3. The molecule has 0 aliphatic rings. The Balaban J connectivity index is 2.42. The van der Waals surface area contributed by atoms with E-state index in [1.54, 1.807) is 26.0 Å². The molecule has 0 amide bonds. The van der Waals surface area contributed by atoms with E-state index in [4.69, 9.17) is 14.3 Å². The molecule has 0 saturated heterocycles. The van der Waals surface area contributed by atoms with E-state index in [0.717, 1.165) is 19.4 Å². The van der Waals surface area contributed by atoms with E-state index in [0.29, 0.717) is 22.6 Å². The van der Waals surface area contributed by atoms with Crippen molar-refractivity contribution in [1.82, 2.24) is 5.06 Å². The van der Waals surface area contributed by atoms with Gasteiger partial charge in [-0.2, -0.15) is 5.06 Å². The van der Waals surface area contributed by atoms with Gasteiger partial charge in [0.2, 0.25) is 0 Å². The first kappa shape index (κ1) is 27.5. The third-order valence-electron chi connectivity index (χ3n) is 5.56. The molecule has 186 valence electrons. The summed E-state index contributed by atoms with van der Waals surface area (Å²) in [5.74, 6) is -0.643. The highest BCUT2D eigenvalue weighted by molar-refractivity contribution is 5.95. The maximum Gasteiger partial charge on any atom is 0.338 e. The molecule has 0 aliphatic heterocycles. The Bertz CT molecular complexity index is 876. The van der Waals surface area contributed by atoms with Crippen LogP contribution in [-0.2, 0) is 14.3 Å². The lowest BCUT2D eigenvalue weighted by Gasteiger charge is -2.36. The molecule has 0 fully saturated rings. The van der Waals surface area contributed by atoms with E-state index in [1.165, 1.54) is 11.6 Å². The first-order valence-corrected chi connectivity index (χ1v) is 12.3. The molecule has 34 heavy (non-hydrogen) atoms. The van der Waals surface area contributed by atoms with E-state index in [2.05, 4.69) is 38.0 Å². The van der Waals surface area contributed by atoms with Crippen molar-refractivity contribution < 1.29 is 23.9 Å². The average molecular weight is 470 g/mol. The number of nitrogens with zero attached hydrogens (tertiary/aromatic N) is 1. The fourth-order valence-electron chi connectivity index (χ4n) is 3.92. The van der Waals surface area contributed by atoms with Crippen molar-refractivity contribution in [2.24, 2.45) is 5.92 Å². The first-order valence-electron chi connectivity index (χ1n) is 12.3. The van der Waals surface area contributed by atoms with Gasteiger partial charge in [0.05, 0.1) is 30.4 Å². The summed E-state index contributed by atoms with van der Waals surface area (Å²) in [6.07, 6.45) is 1.63. The molecule has 0 spiro atoms. The third-order valence-corrected chi connectivity index (χ3v) is 5.56. The lowest BCUT2D eigenvalue weighted by molar-refractivity contribution is -0.230. The summed E-state index contributed by atoms with van der Waals surface area (Å²) in [4.78, 5) is 31.5. The molecular weight excluding hydrogens is 430 g/mol. The number of carbonyl (C=O) groups excluding carboxylic acids is 2. The van der Waals surface area contributed by atoms with Gasteiger partial charge < -0.3 is 9.47 Å². The zero-order valence-electron chi connectivity index (χ0n) is 21.4. The van der Waals surface area contributed by atoms with Crippen molar-refractivity contribution >= 4 is 11.9 Å². The van der Waals surface area contributed by atoms with Crippen LogP contribution in [0.15, 0.2) is 48.5 Å². The van der Waals surface area contributed by atoms with Crippen molar-refractivity contribution in [3.8, 4) is 0 Å². The van der Waals surface area contributed by atoms with E-state index in [9.17, 15) is 9.59 Å². The van der Waals surface area contributed by atoms with Crippen LogP contribution in [0.5, 0.6) is 0 Å². The number of carbonyl (C=O) groups is 2. The molecule has 0 heterocycles. The van der Waals surface area contributed by atoms with Gasteiger partial charge in [0.25, 0.3) is 0 Å². The van der Waals surface area contributed by atoms with Gasteiger partial charge in [-0.15, -0.1) is 0 Å². The normalized spacial score (nSPS) is 13.1. The highest BCUT2D eigenvalue weighted by atomic mass is 16.7. The largest absolute Gasteiger partial charge is 0.462 e. The molecule has 0 radical (unpaired) electrons. The number of ether oxygens (including phenoxy) is 2. The van der Waals surface area contributed by atoms with Crippen LogP contribution in [0.4, 0.5) is 0 Å². The van der Waals surface area contributed by atoms with E-state index in [1.807, 2.05) is 25.1 Å². The van der Waals surface area contributed by atoms with Crippen LogP contribution < -0.4 is 0 Å². The van der Waals surface area contributed by atoms with Gasteiger partial charge in [-0.25, -0.2) is 9.59 Å². The van der Waals surface area contributed by atoms with Crippen LogP contribution in [-0.4, -0.2) is 36.8 Å². The predicted molar refractivity (Wildman–Crippen MR) is 133 cm³/mol. The third kappa shape index (κ3) is 7.67. The van der Waals surface area contributed by atoms with Gasteiger partial charge in [0.1, 0.15) is 6.10 Å². The van der Waals surface area contributed by atoms with Gasteiger partial charge in [0.15, 0.2) is 0 Å². The quantitative estimate of drug-likeness (QED) is 0.245. The van der Waals surface area contributed by atoms with Crippen LogP contribution in [0, 0.1) is 5.92 Å². The minimum atomic E-state index is -0.478. The molecule has 2 atom stereocenters. The van der Waals surface area contributed by atoms with Crippen molar-refractivity contribution in [1.29, 1.82) is 0 Å². The number of rotatable bonds is 13. The minimum absolute atomic E-state index is 0.0629. The summed E-state index contributed by atoms with van der Waals surface area (Å²) >= 11 is 0. The number of unbranched alkanes of at least 4 members (excludes halogenated alkanes) is 1. The van der Waals surface area contributed by atoms with Crippen LogP contribution in [0.2, 0.25) is 0 Å². The fraction of sp³-hybridized carbons (Fsp3) is 0.500. The van der Waals surface area contributed by atoms with Crippen LogP contribution in [0.25, 0.3) is 0 Å². The smallest absolute Gasteiger partial charge is 0.338 e. The van der Waals surface area contributed by atoms with Gasteiger partial charge >= 0.3 is 11.9 Å². The Labute approximate surface area is 204 Å². The molecule has 2 unspecified atom stereocenters. The molecule has 0 saturated carbocycles. The molecular formula is C28H39NO5. The molecule has 6 heteroatoms. The second kappa shape index (κ2) is 13.9. The number of esters is 2. The zero-order chi connectivity index (χ0) is 25.1. The highest BCUT2D eigenvalue weighted by Crippen LogP contribution is 2.32. The lowest BCUT2D eigenvalue weighted by atomic mass is 9.95. The van der Waals surface area contributed by atoms with Gasteiger partial charge in [-0.1, -0.05) is 57.5 Å². The number of hydrogen-bond acceptors (Lipinski definition) is 6. The second-order valence-corrected chi connectivity index (χ2v) is 8.63. The molecule has 2 aromatic carbocycles. The number of hydroxylamine groups is 2. The van der Waals surface area contributed by atoms with Crippen molar-refractivity contribution in [3.05, 3.63) is 70.8 Å². The minimum Gasteiger partial charge on any atom is -0.462 e. The van der Waals surface area contributed by atoms with Crippen molar-refractivity contribution in [2.45, 2.75) is 66.5 Å². The molecule has 2 rings (SSSR count). The summed E-state index contributed by atoms with van der Waals surface area (Å²) < 4.78 is 10.4. The van der Waals surface area contributed by atoms with E-state index >= 15 is 0 Å². The Morgan fingerprint density at radius 1 is 0.824 bits per heavy atom. The van der Waals surface area contributed by atoms with Crippen LogP contribution in [0.3, 0.4) is 0 Å². The average Bonchev–Trinajstić information content (AvgIpc) is 2.83. The predicted octanol–water partition coefficient (Wildman–Crippen LogP) is 6.53. The lowest BCUT2D eigenvalue weighted by Crippen LogP contribution is -2.34. The summed E-state index contributed by atoms with van der Waals surface area (Å²) in [6.45, 7) is 13.2. The SMILES string of the molecule is CCCCN(OC(C)c1cc(C(=O)OCC)cc(C(=O)OCC)c1)C(c1ccccc1)C(C)C. The summed E-state index contributed by atoms with van der Waals surface area (Å²) in [6, 6.07) is 15.4. The Morgan fingerprint density at radius 2 is 1.38 bits per heavy atom. The van der Waals surface area contributed by atoms with Gasteiger partial charge in [-0.3, -0.25) is 4.84 Å². The van der Waals surface area contributed by atoms with Gasteiger partial charge in [0, 0.05) is 6.54 Å². The summed E-state index contributed by atoms with van der Waals surface area (Å²) in [5.41, 5.74) is 2.52. The van der Waals surface area contributed by atoms with Gasteiger partial charge in [-0.05, 0) is 62.4 Å². The molecule has 0 N–H and O–H groups in total. The first-order chi connectivity index (χ1) is 16.3. The second-order valence-electron chi connectivity index (χ2n) is 8.63.